The third kappa shape index (κ3) is 5.38. The van der Waals surface area contributed by atoms with Crippen LogP contribution in [0, 0.1) is 5.82 Å². The van der Waals surface area contributed by atoms with Gasteiger partial charge in [0.15, 0.2) is 0 Å². The molecule has 0 bridgehead atoms. The lowest BCUT2D eigenvalue weighted by Crippen LogP contribution is -2.47. The van der Waals surface area contributed by atoms with Gasteiger partial charge in [0.2, 0.25) is 0 Å². The van der Waals surface area contributed by atoms with Crippen LogP contribution in [0.2, 0.25) is 0 Å². The highest BCUT2D eigenvalue weighted by molar-refractivity contribution is 5.16. The van der Waals surface area contributed by atoms with Gasteiger partial charge in [-0.3, -0.25) is 0 Å². The lowest BCUT2D eigenvalue weighted by atomic mass is 9.83. The monoisotopic (exact) mass is 295 g/mol. The van der Waals surface area contributed by atoms with Crippen LogP contribution in [0.15, 0.2) is 24.3 Å². The van der Waals surface area contributed by atoms with E-state index in [1.807, 2.05) is 0 Å². The molecule has 0 saturated heterocycles. The number of ether oxygens (including phenoxy) is 1. The predicted molar refractivity (Wildman–Crippen MR) is 81.6 cm³/mol. The maximum atomic E-state index is 13.4. The predicted octanol–water partition coefficient (Wildman–Crippen LogP) is 3.02. The van der Waals surface area contributed by atoms with Gasteiger partial charge in [-0.1, -0.05) is 37.5 Å². The van der Waals surface area contributed by atoms with E-state index in [-0.39, 0.29) is 24.6 Å². The Morgan fingerprint density at radius 3 is 2.71 bits per heavy atom. The molecular formula is C17H26FNO2. The van der Waals surface area contributed by atoms with Gasteiger partial charge in [-0.25, -0.2) is 4.39 Å². The van der Waals surface area contributed by atoms with E-state index in [1.54, 1.807) is 18.2 Å². The van der Waals surface area contributed by atoms with Gasteiger partial charge in [0, 0.05) is 17.6 Å². The molecule has 0 aliphatic heterocycles. The molecular weight excluding hydrogens is 269 g/mol. The number of rotatable bonds is 7. The number of hydrogen-bond donors (Lipinski definition) is 2. The van der Waals surface area contributed by atoms with Gasteiger partial charge in [-0.05, 0) is 25.8 Å². The average Bonchev–Trinajstić information content (AvgIpc) is 2.48. The first-order valence-electron chi connectivity index (χ1n) is 7.83. The molecule has 0 aromatic heterocycles. The standard InChI is InChI=1S/C17H26FNO2/c1-17(9-5-2-6-10-17)19-11-15(20)13-21-12-14-7-3-4-8-16(14)18/h3-4,7-8,15,19-20H,2,5-6,9-13H2,1H3. The maximum Gasteiger partial charge on any atom is 0.128 e. The smallest absolute Gasteiger partial charge is 0.128 e. The molecule has 0 heterocycles. The lowest BCUT2D eigenvalue weighted by molar-refractivity contribution is 0.0229. The zero-order chi connectivity index (χ0) is 15.1. The van der Waals surface area contributed by atoms with Crippen LogP contribution in [0.3, 0.4) is 0 Å². The molecule has 0 spiro atoms. The average molecular weight is 295 g/mol. The molecule has 1 saturated carbocycles. The van der Waals surface area contributed by atoms with E-state index in [9.17, 15) is 9.50 Å². The van der Waals surface area contributed by atoms with Crippen LogP contribution >= 0.6 is 0 Å². The Balaban J connectivity index is 1.65. The van der Waals surface area contributed by atoms with Gasteiger partial charge in [0.05, 0.1) is 19.3 Å². The van der Waals surface area contributed by atoms with Crippen molar-refractivity contribution in [1.29, 1.82) is 0 Å². The second kappa shape index (κ2) is 7.87. The first-order valence-corrected chi connectivity index (χ1v) is 7.83. The fourth-order valence-electron chi connectivity index (χ4n) is 2.85. The minimum Gasteiger partial charge on any atom is -0.389 e. The zero-order valence-electron chi connectivity index (χ0n) is 12.8. The molecule has 1 aliphatic rings. The Labute approximate surface area is 126 Å². The number of halogens is 1. The Morgan fingerprint density at radius 2 is 2.00 bits per heavy atom. The first-order chi connectivity index (χ1) is 10.1. The van der Waals surface area contributed by atoms with Crippen LogP contribution in [-0.2, 0) is 11.3 Å². The summed E-state index contributed by atoms with van der Waals surface area (Å²) < 4.78 is 18.8. The lowest BCUT2D eigenvalue weighted by Gasteiger charge is -2.35. The van der Waals surface area contributed by atoms with Gasteiger partial charge >= 0.3 is 0 Å². The quantitative estimate of drug-likeness (QED) is 0.812. The normalized spacial score (nSPS) is 19.4. The zero-order valence-corrected chi connectivity index (χ0v) is 12.8. The van der Waals surface area contributed by atoms with Gasteiger partial charge in [-0.2, -0.15) is 0 Å². The van der Waals surface area contributed by atoms with Crippen molar-refractivity contribution in [3.05, 3.63) is 35.6 Å². The Morgan fingerprint density at radius 1 is 1.29 bits per heavy atom. The van der Waals surface area contributed by atoms with E-state index in [2.05, 4.69) is 12.2 Å². The number of aliphatic hydroxyl groups excluding tert-OH is 1. The van der Waals surface area contributed by atoms with Crippen LogP contribution in [0.1, 0.15) is 44.6 Å². The van der Waals surface area contributed by atoms with Crippen LogP contribution in [0.25, 0.3) is 0 Å². The third-order valence-electron chi connectivity index (χ3n) is 4.25. The van der Waals surface area contributed by atoms with Gasteiger partial charge in [-0.15, -0.1) is 0 Å². The van der Waals surface area contributed by atoms with Crippen LogP contribution < -0.4 is 5.32 Å². The molecule has 0 radical (unpaired) electrons. The van der Waals surface area contributed by atoms with Gasteiger partial charge in [0.25, 0.3) is 0 Å². The van der Waals surface area contributed by atoms with Crippen molar-refractivity contribution in [2.24, 2.45) is 0 Å². The highest BCUT2D eigenvalue weighted by atomic mass is 19.1. The highest BCUT2D eigenvalue weighted by Crippen LogP contribution is 2.27. The summed E-state index contributed by atoms with van der Waals surface area (Å²) >= 11 is 0. The summed E-state index contributed by atoms with van der Waals surface area (Å²) in [6.07, 6.45) is 5.58. The van der Waals surface area contributed by atoms with Crippen molar-refractivity contribution in [3.8, 4) is 0 Å². The summed E-state index contributed by atoms with van der Waals surface area (Å²) in [5.74, 6) is -0.264. The van der Waals surface area contributed by atoms with Crippen molar-refractivity contribution in [3.63, 3.8) is 0 Å². The molecule has 21 heavy (non-hydrogen) atoms. The number of aliphatic hydroxyl groups is 1. The summed E-state index contributed by atoms with van der Waals surface area (Å²) in [6, 6.07) is 6.55. The Hall–Kier alpha value is -0.970. The Bertz CT molecular complexity index is 433. The highest BCUT2D eigenvalue weighted by Gasteiger charge is 2.26. The largest absolute Gasteiger partial charge is 0.389 e. The van der Waals surface area contributed by atoms with E-state index >= 15 is 0 Å². The molecule has 0 amide bonds. The third-order valence-corrected chi connectivity index (χ3v) is 4.25. The Kier molecular flexibility index (Phi) is 6.15. The van der Waals surface area contributed by atoms with E-state index in [0.717, 1.165) is 12.8 Å². The molecule has 1 aliphatic carbocycles. The molecule has 3 nitrogen and oxygen atoms in total. The van der Waals surface area contributed by atoms with Crippen molar-refractivity contribution in [2.45, 2.75) is 57.3 Å². The molecule has 2 rings (SSSR count). The second-order valence-electron chi connectivity index (χ2n) is 6.26. The molecule has 1 aromatic carbocycles. The van der Waals surface area contributed by atoms with E-state index in [1.165, 1.54) is 25.3 Å². The van der Waals surface area contributed by atoms with E-state index in [0.29, 0.717) is 12.1 Å². The number of β-amino-alcohol motifs (C(OH)–C–C–N with tert-alkyl or cyclic N) is 1. The molecule has 4 heteroatoms. The SMILES string of the molecule is CC1(NCC(O)COCc2ccccc2F)CCCCC1. The minimum absolute atomic E-state index is 0.144. The summed E-state index contributed by atoms with van der Waals surface area (Å²) in [5, 5.41) is 13.4. The fourth-order valence-corrected chi connectivity index (χ4v) is 2.85. The minimum atomic E-state index is -0.560. The van der Waals surface area contributed by atoms with E-state index < -0.39 is 6.10 Å². The number of benzene rings is 1. The number of nitrogens with one attached hydrogen (secondary N) is 1. The second-order valence-corrected chi connectivity index (χ2v) is 6.26. The van der Waals surface area contributed by atoms with Crippen molar-refractivity contribution < 1.29 is 14.2 Å². The van der Waals surface area contributed by atoms with Gasteiger partial charge < -0.3 is 15.2 Å². The van der Waals surface area contributed by atoms with Gasteiger partial charge in [0.1, 0.15) is 5.82 Å². The topological polar surface area (TPSA) is 41.5 Å². The molecule has 1 fully saturated rings. The maximum absolute atomic E-state index is 13.4. The fraction of sp³-hybridized carbons (Fsp3) is 0.647. The van der Waals surface area contributed by atoms with E-state index in [4.69, 9.17) is 4.74 Å². The molecule has 118 valence electrons. The molecule has 1 unspecified atom stereocenters. The molecule has 1 atom stereocenters. The summed E-state index contributed by atoms with van der Waals surface area (Å²) in [5.41, 5.74) is 0.669. The van der Waals surface area contributed by atoms with Crippen molar-refractivity contribution >= 4 is 0 Å². The van der Waals surface area contributed by atoms with Crippen molar-refractivity contribution in [1.82, 2.24) is 5.32 Å². The van der Waals surface area contributed by atoms with Crippen LogP contribution in [0.5, 0.6) is 0 Å². The van der Waals surface area contributed by atoms with Crippen LogP contribution in [0.4, 0.5) is 4.39 Å². The molecule has 2 N–H and O–H groups in total. The summed E-state index contributed by atoms with van der Waals surface area (Å²) in [6.45, 7) is 3.16. The van der Waals surface area contributed by atoms with Crippen LogP contribution in [-0.4, -0.2) is 29.9 Å². The first kappa shape index (κ1) is 16.4. The number of hydrogen-bond acceptors (Lipinski definition) is 3. The summed E-state index contributed by atoms with van der Waals surface area (Å²) in [4.78, 5) is 0. The van der Waals surface area contributed by atoms with Crippen molar-refractivity contribution in [2.75, 3.05) is 13.2 Å². The summed E-state index contributed by atoms with van der Waals surface area (Å²) in [7, 11) is 0. The molecule has 1 aromatic rings.